The van der Waals surface area contributed by atoms with Gasteiger partial charge in [-0.1, -0.05) is 51.9 Å². The molecule has 1 rings (SSSR count). The van der Waals surface area contributed by atoms with Crippen LogP contribution in [0.1, 0.15) is 63.9 Å². The van der Waals surface area contributed by atoms with E-state index in [0.717, 1.165) is 6.42 Å². The van der Waals surface area contributed by atoms with Crippen molar-refractivity contribution in [3.63, 3.8) is 0 Å². The van der Waals surface area contributed by atoms with E-state index in [2.05, 4.69) is 29.2 Å². The fourth-order valence-electron chi connectivity index (χ4n) is 2.29. The van der Waals surface area contributed by atoms with Crippen molar-refractivity contribution in [2.75, 3.05) is 0 Å². The average Bonchev–Trinajstić information content (AvgIpc) is 2.89. The van der Waals surface area contributed by atoms with Gasteiger partial charge in [0, 0.05) is 6.04 Å². The third-order valence-corrected chi connectivity index (χ3v) is 4.19. The molecule has 1 unspecified atom stereocenters. The number of thiophene rings is 1. The zero-order valence-electron chi connectivity index (χ0n) is 11.7. The second kappa shape index (κ2) is 10.5. The Morgan fingerprint density at radius 3 is 2.50 bits per heavy atom. The third-order valence-electron chi connectivity index (χ3n) is 3.45. The summed E-state index contributed by atoms with van der Waals surface area (Å²) in [5, 5.41) is 4.35. The van der Waals surface area contributed by atoms with Crippen LogP contribution in [0.4, 0.5) is 0 Å². The van der Waals surface area contributed by atoms with Gasteiger partial charge in [0.15, 0.2) is 0 Å². The van der Waals surface area contributed by atoms with Crippen molar-refractivity contribution in [2.45, 2.75) is 70.8 Å². The number of nitrogens with one attached hydrogen (secondary N) is 1. The first kappa shape index (κ1) is 15.7. The quantitative estimate of drug-likeness (QED) is 0.357. The Labute approximate surface area is 116 Å². The molecule has 0 radical (unpaired) electrons. The van der Waals surface area contributed by atoms with Crippen LogP contribution in [0.2, 0.25) is 0 Å². The number of unbranched alkanes of at least 4 members (excludes halogenated alkanes) is 6. The van der Waals surface area contributed by atoms with Crippen LogP contribution >= 0.6 is 11.3 Å². The van der Waals surface area contributed by atoms with Crippen LogP contribution in [0.5, 0.6) is 0 Å². The molecule has 0 amide bonds. The lowest BCUT2D eigenvalue weighted by Crippen LogP contribution is -2.36. The molecule has 0 spiro atoms. The molecule has 0 aliphatic heterocycles. The van der Waals surface area contributed by atoms with E-state index in [-0.39, 0.29) is 0 Å². The number of hydrogen-bond acceptors (Lipinski definition) is 3. The summed E-state index contributed by atoms with van der Waals surface area (Å²) in [6.45, 7) is 2.27. The van der Waals surface area contributed by atoms with Gasteiger partial charge in [-0.3, -0.25) is 11.3 Å². The van der Waals surface area contributed by atoms with Gasteiger partial charge >= 0.3 is 0 Å². The summed E-state index contributed by atoms with van der Waals surface area (Å²) in [7, 11) is 0. The standard InChI is InChI=1S/C15H28N2S/c1-2-3-4-5-6-7-8-9-15(17-16)12-14-10-11-18-13-14/h10-11,13,15,17H,2-9,12,16H2,1H3. The van der Waals surface area contributed by atoms with Crippen molar-refractivity contribution in [3.8, 4) is 0 Å². The molecule has 1 aromatic heterocycles. The molecule has 0 fully saturated rings. The van der Waals surface area contributed by atoms with E-state index >= 15 is 0 Å². The minimum atomic E-state index is 0.440. The van der Waals surface area contributed by atoms with Crippen LogP contribution in [-0.4, -0.2) is 6.04 Å². The summed E-state index contributed by atoms with van der Waals surface area (Å²) in [6, 6.07) is 2.63. The highest BCUT2D eigenvalue weighted by atomic mass is 32.1. The Hall–Kier alpha value is -0.380. The molecule has 18 heavy (non-hydrogen) atoms. The van der Waals surface area contributed by atoms with Crippen molar-refractivity contribution in [1.82, 2.24) is 5.43 Å². The normalized spacial score (nSPS) is 12.8. The van der Waals surface area contributed by atoms with E-state index in [9.17, 15) is 0 Å². The maximum absolute atomic E-state index is 5.62. The molecule has 1 heterocycles. The fraction of sp³-hybridized carbons (Fsp3) is 0.733. The van der Waals surface area contributed by atoms with Crippen molar-refractivity contribution in [2.24, 2.45) is 5.84 Å². The smallest absolute Gasteiger partial charge is 0.0251 e. The van der Waals surface area contributed by atoms with Gasteiger partial charge in [0.25, 0.3) is 0 Å². The molecule has 0 saturated carbocycles. The summed E-state index contributed by atoms with van der Waals surface area (Å²) in [5.74, 6) is 5.62. The van der Waals surface area contributed by atoms with Crippen molar-refractivity contribution < 1.29 is 0 Å². The van der Waals surface area contributed by atoms with Crippen LogP contribution in [0.3, 0.4) is 0 Å². The minimum Gasteiger partial charge on any atom is -0.271 e. The molecule has 1 atom stereocenters. The lowest BCUT2D eigenvalue weighted by molar-refractivity contribution is 0.459. The highest BCUT2D eigenvalue weighted by Crippen LogP contribution is 2.13. The van der Waals surface area contributed by atoms with Gasteiger partial charge in [0.05, 0.1) is 0 Å². The van der Waals surface area contributed by atoms with Gasteiger partial charge < -0.3 is 0 Å². The Bertz CT molecular complexity index is 272. The summed E-state index contributed by atoms with van der Waals surface area (Å²) in [5.41, 5.74) is 4.36. The molecule has 0 bridgehead atoms. The second-order valence-electron chi connectivity index (χ2n) is 5.11. The van der Waals surface area contributed by atoms with E-state index in [4.69, 9.17) is 5.84 Å². The largest absolute Gasteiger partial charge is 0.271 e. The Balaban J connectivity index is 2.01. The predicted octanol–water partition coefficient (Wildman–Crippen LogP) is 4.26. The van der Waals surface area contributed by atoms with Crippen molar-refractivity contribution >= 4 is 11.3 Å². The van der Waals surface area contributed by atoms with Crippen LogP contribution in [0, 0.1) is 0 Å². The highest BCUT2D eigenvalue weighted by Gasteiger charge is 2.07. The van der Waals surface area contributed by atoms with Crippen LogP contribution in [-0.2, 0) is 6.42 Å². The zero-order valence-corrected chi connectivity index (χ0v) is 12.5. The van der Waals surface area contributed by atoms with Gasteiger partial charge in [0.1, 0.15) is 0 Å². The van der Waals surface area contributed by atoms with Gasteiger partial charge in [-0.2, -0.15) is 11.3 Å². The number of rotatable bonds is 11. The van der Waals surface area contributed by atoms with Gasteiger partial charge in [0.2, 0.25) is 0 Å². The van der Waals surface area contributed by atoms with E-state index in [1.165, 1.54) is 56.9 Å². The summed E-state index contributed by atoms with van der Waals surface area (Å²) >= 11 is 1.76. The first-order valence-corrected chi connectivity index (χ1v) is 8.28. The maximum Gasteiger partial charge on any atom is 0.0251 e. The molecule has 3 N–H and O–H groups in total. The van der Waals surface area contributed by atoms with E-state index in [1.54, 1.807) is 11.3 Å². The Morgan fingerprint density at radius 2 is 1.89 bits per heavy atom. The van der Waals surface area contributed by atoms with Gasteiger partial charge in [-0.15, -0.1) is 0 Å². The lowest BCUT2D eigenvalue weighted by atomic mass is 10.0. The number of hydrazine groups is 1. The molecule has 0 aliphatic rings. The topological polar surface area (TPSA) is 38.0 Å². The maximum atomic E-state index is 5.62. The average molecular weight is 268 g/mol. The number of hydrogen-bond donors (Lipinski definition) is 2. The second-order valence-corrected chi connectivity index (χ2v) is 5.89. The Morgan fingerprint density at radius 1 is 1.17 bits per heavy atom. The van der Waals surface area contributed by atoms with Crippen molar-refractivity contribution in [3.05, 3.63) is 22.4 Å². The predicted molar refractivity (Wildman–Crippen MR) is 81.7 cm³/mol. The highest BCUT2D eigenvalue weighted by molar-refractivity contribution is 7.07. The minimum absolute atomic E-state index is 0.440. The lowest BCUT2D eigenvalue weighted by Gasteiger charge is -2.14. The van der Waals surface area contributed by atoms with Crippen LogP contribution in [0.25, 0.3) is 0 Å². The first-order valence-electron chi connectivity index (χ1n) is 7.34. The summed E-state index contributed by atoms with van der Waals surface area (Å²) in [4.78, 5) is 0. The molecule has 0 aromatic carbocycles. The zero-order chi connectivity index (χ0) is 13.1. The summed E-state index contributed by atoms with van der Waals surface area (Å²) in [6.07, 6.45) is 11.8. The fourth-order valence-corrected chi connectivity index (χ4v) is 2.97. The van der Waals surface area contributed by atoms with Gasteiger partial charge in [-0.25, -0.2) is 0 Å². The van der Waals surface area contributed by atoms with Gasteiger partial charge in [-0.05, 0) is 35.2 Å². The first-order chi connectivity index (χ1) is 8.86. The van der Waals surface area contributed by atoms with Crippen LogP contribution < -0.4 is 11.3 Å². The van der Waals surface area contributed by atoms with Crippen LogP contribution in [0.15, 0.2) is 16.8 Å². The molecule has 2 nitrogen and oxygen atoms in total. The molecule has 1 aromatic rings. The van der Waals surface area contributed by atoms with E-state index in [1.807, 2.05) is 0 Å². The molecule has 0 saturated heterocycles. The third kappa shape index (κ3) is 7.14. The van der Waals surface area contributed by atoms with E-state index in [0.29, 0.717) is 6.04 Å². The molecule has 0 aliphatic carbocycles. The SMILES string of the molecule is CCCCCCCCCC(Cc1ccsc1)NN. The molecule has 104 valence electrons. The molecular formula is C15H28N2S. The monoisotopic (exact) mass is 268 g/mol. The molecular weight excluding hydrogens is 240 g/mol. The molecule has 3 heteroatoms. The number of nitrogens with two attached hydrogens (primary N) is 1. The Kier molecular flexibility index (Phi) is 9.17. The summed E-state index contributed by atoms with van der Waals surface area (Å²) < 4.78 is 0. The van der Waals surface area contributed by atoms with Crippen molar-refractivity contribution in [1.29, 1.82) is 0 Å². The van der Waals surface area contributed by atoms with E-state index < -0.39 is 0 Å².